The molecular weight excluding hydrogens is 668 g/mol. The van der Waals surface area contributed by atoms with Gasteiger partial charge < -0.3 is 55.7 Å². The molecule has 0 aliphatic rings. The molecule has 0 radical (unpaired) electrons. The van der Waals surface area contributed by atoms with Crippen molar-refractivity contribution in [1.82, 2.24) is 5.32 Å². The van der Waals surface area contributed by atoms with E-state index in [0.29, 0.717) is 97.3 Å². The molecule has 17 heteroatoms. The number of carbonyl (C=O) groups excluding carboxylic acids is 1. The van der Waals surface area contributed by atoms with Crippen LogP contribution in [0.3, 0.4) is 0 Å². The number of aliphatic imine (C=N–C) groups is 1. The second kappa shape index (κ2) is 25.6. The lowest BCUT2D eigenvalue weighted by molar-refractivity contribution is -0.114. The van der Waals surface area contributed by atoms with Gasteiger partial charge >= 0.3 is 0 Å². The van der Waals surface area contributed by atoms with E-state index in [1.54, 1.807) is 12.1 Å². The summed E-state index contributed by atoms with van der Waals surface area (Å²) < 4.78 is 79.6. The van der Waals surface area contributed by atoms with Crippen LogP contribution in [-0.4, -0.2) is 114 Å². The number of ether oxygens (including phenoxy) is 7. The highest BCUT2D eigenvalue weighted by Gasteiger charge is 2.15. The molecule has 2 aromatic rings. The number of rotatable bonds is 27. The number of guanidine groups is 1. The Bertz CT molecular complexity index is 1310. The molecule has 0 aromatic heterocycles. The van der Waals surface area contributed by atoms with E-state index in [1.807, 2.05) is 0 Å². The predicted molar refractivity (Wildman–Crippen MR) is 181 cm³/mol. The largest absolute Gasteiger partial charge is 0.451 e. The van der Waals surface area contributed by atoms with Crippen molar-refractivity contribution < 1.29 is 50.9 Å². The van der Waals surface area contributed by atoms with Crippen molar-refractivity contribution in [2.75, 3.05) is 98.2 Å². The lowest BCUT2D eigenvalue weighted by Crippen LogP contribution is -2.24. The predicted octanol–water partition coefficient (Wildman–Crippen LogP) is 1.67. The maximum atomic E-state index is 14.7. The van der Waals surface area contributed by atoms with Gasteiger partial charge in [0, 0.05) is 23.6 Å². The smallest absolute Gasteiger partial charge is 0.275 e. The molecule has 1 unspecified atom stereocenters. The third-order valence-corrected chi connectivity index (χ3v) is 7.32. The Morgan fingerprint density at radius 1 is 0.796 bits per heavy atom. The van der Waals surface area contributed by atoms with Gasteiger partial charge in [0.25, 0.3) is 5.91 Å². The Hall–Kier alpha value is -3.39. The van der Waals surface area contributed by atoms with Crippen LogP contribution in [0, 0.1) is 11.6 Å². The molecule has 0 heterocycles. The summed E-state index contributed by atoms with van der Waals surface area (Å²) in [7, 11) is -1.37. The minimum atomic E-state index is -1.37. The summed E-state index contributed by atoms with van der Waals surface area (Å²) in [6.45, 7) is 8.00. The number of nitrogens with two attached hydrogens (primary N) is 3. The summed E-state index contributed by atoms with van der Waals surface area (Å²) in [5, 5.41) is 3.05. The first-order valence-corrected chi connectivity index (χ1v) is 16.9. The van der Waals surface area contributed by atoms with Gasteiger partial charge in [-0.3, -0.25) is 9.00 Å². The molecular formula is C32H47F2N5O9S. The standard InChI is InChI=1S/C32H47F2N5O9S/c1-24(31(40)39-32(36)37)20-25-21-28(33)30(29(34)22-25)48-26-2-4-27(5-3-26)49(41)23-38-7-9-43-11-13-45-15-17-47-19-18-46-16-14-44-12-10-42-8-6-35/h2-5,20-22,38H,6-19,23,35H2,1H3,(H4,36,37,39,40)/b24-20+. The number of hydrogen-bond acceptors (Lipinski definition) is 11. The first-order chi connectivity index (χ1) is 23.7. The zero-order valence-corrected chi connectivity index (χ0v) is 28.5. The number of nitrogens with zero attached hydrogens (tertiary/aromatic N) is 1. The van der Waals surface area contributed by atoms with Crippen molar-refractivity contribution in [1.29, 1.82) is 0 Å². The maximum absolute atomic E-state index is 14.7. The number of carbonyl (C=O) groups is 1. The normalized spacial score (nSPS) is 12.2. The zero-order chi connectivity index (χ0) is 35.7. The molecule has 0 saturated heterocycles. The third-order valence-electron chi connectivity index (χ3n) is 6.06. The summed E-state index contributed by atoms with van der Waals surface area (Å²) in [6, 6.07) is 8.03. The first kappa shape index (κ1) is 41.8. The Labute approximate surface area is 287 Å². The summed E-state index contributed by atoms with van der Waals surface area (Å²) in [5.41, 5.74) is 15.8. The van der Waals surface area contributed by atoms with Gasteiger partial charge in [-0.1, -0.05) is 0 Å². The Morgan fingerprint density at radius 3 is 1.73 bits per heavy atom. The Balaban J connectivity index is 1.53. The number of nitrogens with one attached hydrogen (secondary N) is 1. The molecule has 1 atom stereocenters. The van der Waals surface area contributed by atoms with Gasteiger partial charge in [-0.25, -0.2) is 8.78 Å². The van der Waals surface area contributed by atoms with Crippen LogP contribution in [-0.2, 0) is 44.0 Å². The van der Waals surface area contributed by atoms with Crippen LogP contribution < -0.4 is 27.3 Å². The highest BCUT2D eigenvalue weighted by atomic mass is 32.2. The van der Waals surface area contributed by atoms with E-state index in [1.165, 1.54) is 25.1 Å². The molecule has 49 heavy (non-hydrogen) atoms. The Kier molecular flexibility index (Phi) is 21.8. The second-order valence-electron chi connectivity index (χ2n) is 10.0. The van der Waals surface area contributed by atoms with Crippen LogP contribution in [0.2, 0.25) is 0 Å². The van der Waals surface area contributed by atoms with Crippen molar-refractivity contribution in [3.8, 4) is 11.5 Å². The second-order valence-corrected chi connectivity index (χ2v) is 11.5. The van der Waals surface area contributed by atoms with Gasteiger partial charge in [0.2, 0.25) is 0 Å². The van der Waals surface area contributed by atoms with E-state index in [9.17, 15) is 17.8 Å². The van der Waals surface area contributed by atoms with Crippen molar-refractivity contribution in [3.63, 3.8) is 0 Å². The maximum Gasteiger partial charge on any atom is 0.275 e. The van der Waals surface area contributed by atoms with Gasteiger partial charge in [0.05, 0.1) is 96.0 Å². The molecule has 2 aromatic carbocycles. The van der Waals surface area contributed by atoms with E-state index in [-0.39, 0.29) is 22.8 Å². The molecule has 7 N–H and O–H groups in total. The minimum Gasteiger partial charge on any atom is -0.451 e. The van der Waals surface area contributed by atoms with Crippen molar-refractivity contribution in [2.24, 2.45) is 22.2 Å². The number of halogens is 2. The molecule has 0 saturated carbocycles. The van der Waals surface area contributed by atoms with E-state index < -0.39 is 40.1 Å². The average Bonchev–Trinajstić information content (AvgIpc) is 3.07. The first-order valence-electron chi connectivity index (χ1n) is 15.6. The number of benzene rings is 2. The van der Waals surface area contributed by atoms with E-state index >= 15 is 0 Å². The highest BCUT2D eigenvalue weighted by Crippen LogP contribution is 2.30. The minimum absolute atomic E-state index is 0.0768. The van der Waals surface area contributed by atoms with Crippen LogP contribution in [0.15, 0.2) is 51.9 Å². The zero-order valence-electron chi connectivity index (χ0n) is 27.7. The average molecular weight is 716 g/mol. The third kappa shape index (κ3) is 18.8. The highest BCUT2D eigenvalue weighted by molar-refractivity contribution is 7.85. The number of amides is 1. The van der Waals surface area contributed by atoms with E-state index in [2.05, 4.69) is 10.3 Å². The number of hydrogen-bond donors (Lipinski definition) is 4. The van der Waals surface area contributed by atoms with E-state index in [4.69, 9.17) is 50.4 Å². The van der Waals surface area contributed by atoms with Crippen LogP contribution in [0.1, 0.15) is 12.5 Å². The summed E-state index contributed by atoms with van der Waals surface area (Å²) in [6.07, 6.45) is 1.24. The van der Waals surface area contributed by atoms with Crippen LogP contribution in [0.25, 0.3) is 6.08 Å². The summed E-state index contributed by atoms with van der Waals surface area (Å²) >= 11 is 0. The quantitative estimate of drug-likeness (QED) is 0.0451. The molecule has 0 bridgehead atoms. The molecule has 14 nitrogen and oxygen atoms in total. The summed E-state index contributed by atoms with van der Waals surface area (Å²) in [4.78, 5) is 15.7. The fraction of sp³-hybridized carbons (Fsp3) is 0.500. The molecule has 274 valence electrons. The van der Waals surface area contributed by atoms with Crippen molar-refractivity contribution >= 4 is 28.7 Å². The molecule has 0 aliphatic carbocycles. The molecule has 1 amide bonds. The van der Waals surface area contributed by atoms with E-state index in [0.717, 1.165) is 12.1 Å². The summed E-state index contributed by atoms with van der Waals surface area (Å²) in [5.74, 6) is -3.43. The molecule has 0 aliphatic heterocycles. The van der Waals surface area contributed by atoms with Gasteiger partial charge in [0.1, 0.15) is 5.75 Å². The van der Waals surface area contributed by atoms with Gasteiger partial charge in [-0.15, -0.1) is 0 Å². The van der Waals surface area contributed by atoms with Crippen LogP contribution >= 0.6 is 0 Å². The fourth-order valence-electron chi connectivity index (χ4n) is 3.73. The molecule has 0 fully saturated rings. The van der Waals surface area contributed by atoms with Crippen LogP contribution in [0.4, 0.5) is 8.78 Å². The van der Waals surface area contributed by atoms with Crippen molar-refractivity contribution in [2.45, 2.75) is 11.8 Å². The fourth-order valence-corrected chi connectivity index (χ4v) is 4.67. The molecule has 2 rings (SSSR count). The lowest BCUT2D eigenvalue weighted by Gasteiger charge is -2.10. The van der Waals surface area contributed by atoms with Crippen LogP contribution in [0.5, 0.6) is 11.5 Å². The molecule has 0 spiro atoms. The lowest BCUT2D eigenvalue weighted by atomic mass is 10.1. The van der Waals surface area contributed by atoms with Crippen molar-refractivity contribution in [3.05, 3.63) is 59.2 Å². The SMILES string of the molecule is C/C(=C\c1cc(F)c(Oc2ccc(S(=O)CNCCOCCOCCOCCOCCOCCOCCN)cc2)c(F)c1)C(=O)N=C(N)N. The monoisotopic (exact) mass is 715 g/mol. The van der Waals surface area contributed by atoms with Gasteiger partial charge in [0.15, 0.2) is 23.3 Å². The Morgan fingerprint density at radius 2 is 1.27 bits per heavy atom. The topological polar surface area (TPSA) is 201 Å². The van der Waals surface area contributed by atoms with Gasteiger partial charge in [-0.05, 0) is 55.0 Å². The van der Waals surface area contributed by atoms with Gasteiger partial charge in [-0.2, -0.15) is 4.99 Å².